The van der Waals surface area contributed by atoms with Gasteiger partial charge in [0, 0.05) is 12.1 Å². The fourth-order valence-electron chi connectivity index (χ4n) is 2.84. The Morgan fingerprint density at radius 1 is 1.17 bits per heavy atom. The zero-order chi connectivity index (χ0) is 20.8. The number of carbonyl (C=O) groups is 1. The summed E-state index contributed by atoms with van der Waals surface area (Å²) in [6.07, 6.45) is 1.79. The largest absolute Gasteiger partial charge is 0.495 e. The molecule has 0 spiro atoms. The number of rotatable bonds is 8. The monoisotopic (exact) mass is 408 g/mol. The lowest BCUT2D eigenvalue weighted by Crippen LogP contribution is -2.15. The van der Waals surface area contributed by atoms with Crippen molar-refractivity contribution in [1.29, 1.82) is 0 Å². The molecule has 0 aliphatic carbocycles. The summed E-state index contributed by atoms with van der Waals surface area (Å²) in [7, 11) is 1.58. The maximum atomic E-state index is 12.5. The van der Waals surface area contributed by atoms with Crippen LogP contribution in [0.25, 0.3) is 11.4 Å². The Labute approximate surface area is 175 Å². The molecule has 0 bridgehead atoms. The number of aromatic nitrogens is 3. The van der Waals surface area contributed by atoms with Crippen LogP contribution in [0.4, 0.5) is 5.69 Å². The van der Waals surface area contributed by atoms with E-state index in [1.165, 1.54) is 17.3 Å². The standard InChI is InChI=1S/C22H24N4O2S/c1-5-12-26-21(17-9-6-15(2)7-10-17)24-25-22(26)29-14-20(27)23-18-13-16(3)8-11-19(18)28-4/h5-11,13H,1,12,14H2,2-4H3,(H,23,27). The number of allylic oxidation sites excluding steroid dienone is 1. The highest BCUT2D eigenvalue weighted by Crippen LogP contribution is 2.27. The summed E-state index contributed by atoms with van der Waals surface area (Å²) in [5, 5.41) is 12.2. The summed E-state index contributed by atoms with van der Waals surface area (Å²) in [4.78, 5) is 12.5. The van der Waals surface area contributed by atoms with Gasteiger partial charge in [0.05, 0.1) is 18.6 Å². The van der Waals surface area contributed by atoms with Gasteiger partial charge in [0.15, 0.2) is 11.0 Å². The summed E-state index contributed by atoms with van der Waals surface area (Å²) < 4.78 is 7.28. The molecule has 3 rings (SSSR count). The molecular weight excluding hydrogens is 384 g/mol. The first kappa shape index (κ1) is 20.7. The second-order valence-electron chi connectivity index (χ2n) is 6.61. The number of nitrogens with one attached hydrogen (secondary N) is 1. The average Bonchev–Trinajstić information content (AvgIpc) is 3.10. The van der Waals surface area contributed by atoms with Crippen LogP contribution in [0.15, 0.2) is 60.3 Å². The molecule has 7 heteroatoms. The molecule has 0 saturated heterocycles. The topological polar surface area (TPSA) is 69.0 Å². The minimum absolute atomic E-state index is 0.135. The van der Waals surface area contributed by atoms with Crippen molar-refractivity contribution >= 4 is 23.4 Å². The highest BCUT2D eigenvalue weighted by atomic mass is 32.2. The summed E-state index contributed by atoms with van der Waals surface area (Å²) in [6.45, 7) is 8.40. The Hall–Kier alpha value is -3.06. The van der Waals surface area contributed by atoms with E-state index in [-0.39, 0.29) is 11.7 Å². The molecule has 0 fully saturated rings. The zero-order valence-electron chi connectivity index (χ0n) is 16.8. The molecule has 1 N–H and O–H groups in total. The van der Waals surface area contributed by atoms with Gasteiger partial charge in [-0.2, -0.15) is 0 Å². The lowest BCUT2D eigenvalue weighted by molar-refractivity contribution is -0.113. The number of thioether (sulfide) groups is 1. The number of hydrogen-bond acceptors (Lipinski definition) is 5. The first-order valence-corrected chi connectivity index (χ1v) is 10.2. The van der Waals surface area contributed by atoms with Crippen molar-refractivity contribution in [2.24, 2.45) is 0 Å². The first-order valence-electron chi connectivity index (χ1n) is 9.20. The Morgan fingerprint density at radius 2 is 1.90 bits per heavy atom. The molecule has 3 aromatic rings. The summed E-state index contributed by atoms with van der Waals surface area (Å²) in [5.41, 5.74) is 3.86. The molecule has 1 heterocycles. The summed E-state index contributed by atoms with van der Waals surface area (Å²) >= 11 is 1.34. The van der Waals surface area contributed by atoms with Crippen LogP contribution >= 0.6 is 11.8 Å². The molecule has 0 atom stereocenters. The maximum absolute atomic E-state index is 12.5. The van der Waals surface area contributed by atoms with Crippen molar-refractivity contribution in [2.45, 2.75) is 25.5 Å². The van der Waals surface area contributed by atoms with Crippen LogP contribution in [0.2, 0.25) is 0 Å². The van der Waals surface area contributed by atoms with Crippen molar-refractivity contribution in [3.8, 4) is 17.1 Å². The molecule has 1 aromatic heterocycles. The third-order valence-electron chi connectivity index (χ3n) is 4.30. The van der Waals surface area contributed by atoms with Gasteiger partial charge in [0.25, 0.3) is 0 Å². The second-order valence-corrected chi connectivity index (χ2v) is 7.55. The molecule has 29 heavy (non-hydrogen) atoms. The number of amides is 1. The predicted molar refractivity (Wildman–Crippen MR) is 117 cm³/mol. The number of carbonyl (C=O) groups excluding carboxylic acids is 1. The van der Waals surface area contributed by atoms with Gasteiger partial charge in [-0.3, -0.25) is 9.36 Å². The van der Waals surface area contributed by atoms with Crippen LogP contribution in [0.1, 0.15) is 11.1 Å². The Morgan fingerprint density at radius 3 is 2.59 bits per heavy atom. The lowest BCUT2D eigenvalue weighted by Gasteiger charge is -2.11. The number of nitrogens with zero attached hydrogens (tertiary/aromatic N) is 3. The van der Waals surface area contributed by atoms with Crippen LogP contribution in [0.5, 0.6) is 5.75 Å². The SMILES string of the molecule is C=CCn1c(SCC(=O)Nc2cc(C)ccc2OC)nnc1-c1ccc(C)cc1. The van der Waals surface area contributed by atoms with Crippen molar-refractivity contribution < 1.29 is 9.53 Å². The molecular formula is C22H24N4O2S. The van der Waals surface area contributed by atoms with Gasteiger partial charge in [0.1, 0.15) is 5.75 Å². The molecule has 150 valence electrons. The highest BCUT2D eigenvalue weighted by molar-refractivity contribution is 7.99. The van der Waals surface area contributed by atoms with E-state index in [9.17, 15) is 4.79 Å². The van der Waals surface area contributed by atoms with Crippen molar-refractivity contribution in [1.82, 2.24) is 14.8 Å². The van der Waals surface area contributed by atoms with Gasteiger partial charge >= 0.3 is 0 Å². The predicted octanol–water partition coefficient (Wildman–Crippen LogP) is 4.49. The van der Waals surface area contributed by atoms with E-state index < -0.39 is 0 Å². The van der Waals surface area contributed by atoms with Gasteiger partial charge < -0.3 is 10.1 Å². The molecule has 0 aliphatic heterocycles. The highest BCUT2D eigenvalue weighted by Gasteiger charge is 2.15. The average molecular weight is 409 g/mol. The van der Waals surface area contributed by atoms with Crippen LogP contribution in [0.3, 0.4) is 0 Å². The third-order valence-corrected chi connectivity index (χ3v) is 5.27. The number of anilines is 1. The minimum atomic E-state index is -0.135. The van der Waals surface area contributed by atoms with Gasteiger partial charge in [0.2, 0.25) is 5.91 Å². The van der Waals surface area contributed by atoms with E-state index in [0.29, 0.717) is 23.1 Å². The van der Waals surface area contributed by atoms with E-state index in [1.807, 2.05) is 60.9 Å². The van der Waals surface area contributed by atoms with Gasteiger partial charge in [-0.1, -0.05) is 53.7 Å². The molecule has 0 unspecified atom stereocenters. The van der Waals surface area contributed by atoms with E-state index in [4.69, 9.17) is 4.74 Å². The van der Waals surface area contributed by atoms with Crippen LogP contribution < -0.4 is 10.1 Å². The summed E-state index contributed by atoms with van der Waals surface area (Å²) in [5.74, 6) is 1.46. The van der Waals surface area contributed by atoms with E-state index in [0.717, 1.165) is 17.0 Å². The summed E-state index contributed by atoms with van der Waals surface area (Å²) in [6, 6.07) is 13.8. The van der Waals surface area contributed by atoms with Crippen molar-refractivity contribution in [2.75, 3.05) is 18.2 Å². The van der Waals surface area contributed by atoms with Crippen molar-refractivity contribution in [3.63, 3.8) is 0 Å². The minimum Gasteiger partial charge on any atom is -0.495 e. The van der Waals surface area contributed by atoms with Gasteiger partial charge in [-0.15, -0.1) is 16.8 Å². The van der Waals surface area contributed by atoms with Crippen LogP contribution in [-0.2, 0) is 11.3 Å². The second kappa shape index (κ2) is 9.43. The number of hydrogen-bond donors (Lipinski definition) is 1. The molecule has 1 amide bonds. The molecule has 0 radical (unpaired) electrons. The smallest absolute Gasteiger partial charge is 0.234 e. The Balaban J connectivity index is 1.73. The zero-order valence-corrected chi connectivity index (χ0v) is 17.6. The van der Waals surface area contributed by atoms with Crippen molar-refractivity contribution in [3.05, 3.63) is 66.2 Å². The van der Waals surface area contributed by atoms with E-state index >= 15 is 0 Å². The molecule has 2 aromatic carbocycles. The quantitative estimate of drug-likeness (QED) is 0.439. The van der Waals surface area contributed by atoms with E-state index in [2.05, 4.69) is 22.1 Å². The maximum Gasteiger partial charge on any atom is 0.234 e. The Kier molecular flexibility index (Phi) is 6.72. The van der Waals surface area contributed by atoms with Crippen LogP contribution in [0, 0.1) is 13.8 Å². The molecule has 0 saturated carbocycles. The number of aryl methyl sites for hydroxylation is 2. The normalized spacial score (nSPS) is 10.6. The molecule has 6 nitrogen and oxygen atoms in total. The van der Waals surface area contributed by atoms with E-state index in [1.54, 1.807) is 13.2 Å². The van der Waals surface area contributed by atoms with Crippen LogP contribution in [-0.4, -0.2) is 33.5 Å². The molecule has 0 aliphatic rings. The van der Waals surface area contributed by atoms with Gasteiger partial charge in [-0.05, 0) is 31.5 Å². The number of benzene rings is 2. The Bertz CT molecular complexity index is 1010. The number of ether oxygens (including phenoxy) is 1. The fourth-order valence-corrected chi connectivity index (χ4v) is 3.59. The third kappa shape index (κ3) is 5.06. The lowest BCUT2D eigenvalue weighted by atomic mass is 10.1. The van der Waals surface area contributed by atoms with Gasteiger partial charge in [-0.25, -0.2) is 0 Å². The fraction of sp³-hybridized carbons (Fsp3) is 0.227. The number of methoxy groups -OCH3 is 1. The first-order chi connectivity index (χ1) is 14.0.